The Kier molecular flexibility index (Phi) is 7.64. The summed E-state index contributed by atoms with van der Waals surface area (Å²) in [4.78, 5) is 5.95. The van der Waals surface area contributed by atoms with Crippen molar-refractivity contribution in [3.63, 3.8) is 0 Å². The quantitative estimate of drug-likeness (QED) is 0.462. The van der Waals surface area contributed by atoms with Crippen LogP contribution in [0, 0.1) is 6.92 Å². The van der Waals surface area contributed by atoms with Crippen LogP contribution < -0.4 is 5.32 Å². The van der Waals surface area contributed by atoms with Gasteiger partial charge in [-0.2, -0.15) is 22.5 Å². The monoisotopic (exact) mass is 525 g/mol. The largest absolute Gasteiger partial charge is 0.416 e. The molecule has 1 atom stereocenters. The summed E-state index contributed by atoms with van der Waals surface area (Å²) in [6.45, 7) is 3.52. The molecule has 0 spiro atoms. The normalized spacial score (nSPS) is 16.7. The van der Waals surface area contributed by atoms with Crippen LogP contribution in [-0.4, -0.2) is 78.2 Å². The van der Waals surface area contributed by atoms with Crippen molar-refractivity contribution in [2.75, 3.05) is 44.6 Å². The highest BCUT2D eigenvalue weighted by atomic mass is 32.2. The first-order valence-corrected chi connectivity index (χ1v) is 12.7. The molecule has 9 nitrogen and oxygen atoms in total. The van der Waals surface area contributed by atoms with E-state index in [0.717, 1.165) is 35.5 Å². The second-order valence-electron chi connectivity index (χ2n) is 8.48. The Labute approximate surface area is 206 Å². The molecule has 0 radical (unpaired) electrons. The lowest BCUT2D eigenvalue weighted by atomic mass is 10.2. The van der Waals surface area contributed by atoms with Crippen LogP contribution in [0.3, 0.4) is 0 Å². The number of nitrogens with one attached hydrogen (secondary N) is 1. The summed E-state index contributed by atoms with van der Waals surface area (Å²) in [6.07, 6.45) is -5.22. The van der Waals surface area contributed by atoms with Crippen molar-refractivity contribution in [3.8, 4) is 11.4 Å². The number of benzene rings is 2. The Morgan fingerprint density at radius 2 is 1.69 bits per heavy atom. The van der Waals surface area contributed by atoms with Crippen molar-refractivity contribution in [3.05, 3.63) is 60.0 Å². The molecule has 2 N–H and O–H groups in total. The summed E-state index contributed by atoms with van der Waals surface area (Å²) in [5, 5.41) is 17.5. The van der Waals surface area contributed by atoms with Gasteiger partial charge in [0.1, 0.15) is 0 Å². The van der Waals surface area contributed by atoms with E-state index in [0.29, 0.717) is 37.9 Å². The van der Waals surface area contributed by atoms with Gasteiger partial charge in [0.15, 0.2) is 0 Å². The van der Waals surface area contributed by atoms with Gasteiger partial charge < -0.3 is 14.9 Å². The van der Waals surface area contributed by atoms with Crippen LogP contribution in [0.25, 0.3) is 11.4 Å². The molecule has 0 amide bonds. The number of piperazine rings is 1. The zero-order valence-corrected chi connectivity index (χ0v) is 20.3. The summed E-state index contributed by atoms with van der Waals surface area (Å²) < 4.78 is 70.1. The Morgan fingerprint density at radius 3 is 2.25 bits per heavy atom. The maximum absolute atomic E-state index is 12.8. The van der Waals surface area contributed by atoms with Crippen molar-refractivity contribution in [2.45, 2.75) is 24.1 Å². The number of aromatic nitrogens is 2. The molecule has 0 bridgehead atoms. The van der Waals surface area contributed by atoms with Crippen LogP contribution >= 0.6 is 0 Å². The van der Waals surface area contributed by atoms with Crippen LogP contribution in [0.15, 0.2) is 57.9 Å². The predicted molar refractivity (Wildman–Crippen MR) is 126 cm³/mol. The molecule has 4 rings (SSSR count). The summed E-state index contributed by atoms with van der Waals surface area (Å²) in [7, 11) is -3.90. The Hall–Kier alpha value is -3.00. The molecular formula is C23H26F3N5O4S. The van der Waals surface area contributed by atoms with Crippen LogP contribution in [-0.2, 0) is 16.2 Å². The third kappa shape index (κ3) is 6.22. The van der Waals surface area contributed by atoms with Gasteiger partial charge in [-0.15, -0.1) is 0 Å². The topological polar surface area (TPSA) is 112 Å². The van der Waals surface area contributed by atoms with Gasteiger partial charge in [-0.3, -0.25) is 4.90 Å². The lowest BCUT2D eigenvalue weighted by Gasteiger charge is -2.35. The number of anilines is 1. The average Bonchev–Trinajstić information content (AvgIpc) is 3.29. The molecule has 13 heteroatoms. The highest BCUT2D eigenvalue weighted by Gasteiger charge is 2.32. The van der Waals surface area contributed by atoms with Crippen molar-refractivity contribution in [1.82, 2.24) is 19.3 Å². The third-order valence-corrected chi connectivity index (χ3v) is 7.74. The first kappa shape index (κ1) is 26.1. The first-order chi connectivity index (χ1) is 17.0. The summed E-state index contributed by atoms with van der Waals surface area (Å²) >= 11 is 0. The second-order valence-corrected chi connectivity index (χ2v) is 10.4. The number of β-amino-alcohol motifs (C(OH)–C–C–N with tert-alkyl or cyclic N) is 1. The number of alkyl halides is 3. The van der Waals surface area contributed by atoms with Crippen LogP contribution in [0.5, 0.6) is 0 Å². The summed E-state index contributed by atoms with van der Waals surface area (Å²) in [5.41, 5.74) is 0.722. The number of sulfonamides is 1. The van der Waals surface area contributed by atoms with E-state index in [-0.39, 0.29) is 18.0 Å². The van der Waals surface area contributed by atoms with E-state index in [4.69, 9.17) is 4.52 Å². The van der Waals surface area contributed by atoms with E-state index in [1.165, 1.54) is 4.31 Å². The number of hydrogen-bond donors (Lipinski definition) is 2. The summed E-state index contributed by atoms with van der Waals surface area (Å²) in [6, 6.07) is 10.9. The van der Waals surface area contributed by atoms with Gasteiger partial charge in [-0.25, -0.2) is 8.42 Å². The van der Waals surface area contributed by atoms with E-state index in [2.05, 4.69) is 15.5 Å². The Balaban J connectivity index is 1.24. The minimum absolute atomic E-state index is 0.173. The molecule has 1 fully saturated rings. The SMILES string of the molecule is Cc1nc(-c2ccc(NCC(O)CN3CCN(S(=O)(=O)c4ccc(C(F)(F)F)cc4)CC3)cc2)no1. The number of hydrogen-bond acceptors (Lipinski definition) is 8. The fraction of sp³-hybridized carbons (Fsp3) is 0.391. The smallest absolute Gasteiger partial charge is 0.390 e. The third-order valence-electron chi connectivity index (χ3n) is 5.83. The van der Waals surface area contributed by atoms with Gasteiger partial charge in [-0.1, -0.05) is 5.16 Å². The van der Waals surface area contributed by atoms with Gasteiger partial charge in [0.05, 0.1) is 16.6 Å². The molecule has 194 valence electrons. The van der Waals surface area contributed by atoms with E-state index in [1.807, 2.05) is 29.2 Å². The molecule has 1 aromatic heterocycles. The number of aliphatic hydroxyl groups is 1. The zero-order chi connectivity index (χ0) is 25.9. The van der Waals surface area contributed by atoms with Crippen molar-refractivity contribution in [1.29, 1.82) is 0 Å². The van der Waals surface area contributed by atoms with Crippen LogP contribution in [0.2, 0.25) is 0 Å². The van der Waals surface area contributed by atoms with Crippen LogP contribution in [0.1, 0.15) is 11.5 Å². The van der Waals surface area contributed by atoms with E-state index >= 15 is 0 Å². The molecule has 1 unspecified atom stereocenters. The van der Waals surface area contributed by atoms with Gasteiger partial charge in [-0.05, 0) is 48.5 Å². The Morgan fingerprint density at radius 1 is 1.06 bits per heavy atom. The predicted octanol–water partition coefficient (Wildman–Crippen LogP) is 2.84. The number of aliphatic hydroxyl groups excluding tert-OH is 1. The van der Waals surface area contributed by atoms with E-state index < -0.39 is 27.9 Å². The lowest BCUT2D eigenvalue weighted by molar-refractivity contribution is -0.137. The van der Waals surface area contributed by atoms with Gasteiger partial charge in [0.25, 0.3) is 0 Å². The standard InChI is InChI=1S/C23H26F3N5O4S/c1-16-28-22(29-35-16)17-2-6-19(7-3-17)27-14-20(32)15-30-10-12-31(13-11-30)36(33,34)21-8-4-18(5-9-21)23(24,25)26/h2-9,20,27,32H,10-15H2,1H3. The first-order valence-electron chi connectivity index (χ1n) is 11.2. The van der Waals surface area contributed by atoms with Crippen molar-refractivity contribution < 1.29 is 31.2 Å². The minimum Gasteiger partial charge on any atom is -0.390 e. The second kappa shape index (κ2) is 10.5. The molecule has 1 saturated heterocycles. The maximum Gasteiger partial charge on any atom is 0.416 e. The minimum atomic E-state index is -4.53. The molecule has 2 aromatic carbocycles. The molecule has 3 aromatic rings. The van der Waals surface area contributed by atoms with Gasteiger partial charge in [0.2, 0.25) is 21.7 Å². The zero-order valence-electron chi connectivity index (χ0n) is 19.4. The molecule has 36 heavy (non-hydrogen) atoms. The number of aryl methyl sites for hydroxylation is 1. The fourth-order valence-corrected chi connectivity index (χ4v) is 5.29. The average molecular weight is 526 g/mol. The van der Waals surface area contributed by atoms with Crippen LogP contribution in [0.4, 0.5) is 18.9 Å². The van der Waals surface area contributed by atoms with E-state index in [1.54, 1.807) is 6.92 Å². The molecule has 2 heterocycles. The molecule has 1 aliphatic heterocycles. The molecular weight excluding hydrogens is 499 g/mol. The highest BCUT2D eigenvalue weighted by Crippen LogP contribution is 2.30. The lowest BCUT2D eigenvalue weighted by Crippen LogP contribution is -2.50. The Bertz CT molecular complexity index is 1260. The molecule has 0 saturated carbocycles. The van der Waals surface area contributed by atoms with Crippen molar-refractivity contribution in [2.24, 2.45) is 0 Å². The fourth-order valence-electron chi connectivity index (χ4n) is 3.87. The molecule has 1 aliphatic rings. The molecule has 0 aliphatic carbocycles. The van der Waals surface area contributed by atoms with Gasteiger partial charge in [0, 0.05) is 57.4 Å². The maximum atomic E-state index is 12.8. The number of rotatable bonds is 8. The number of halogens is 3. The van der Waals surface area contributed by atoms with E-state index in [9.17, 15) is 26.7 Å². The highest BCUT2D eigenvalue weighted by molar-refractivity contribution is 7.89. The number of nitrogens with zero attached hydrogens (tertiary/aromatic N) is 4. The summed E-state index contributed by atoms with van der Waals surface area (Å²) in [5.74, 6) is 0.979. The van der Waals surface area contributed by atoms with Crippen molar-refractivity contribution >= 4 is 15.7 Å². The van der Waals surface area contributed by atoms with Gasteiger partial charge >= 0.3 is 6.18 Å².